The standard InChI is InChI=1S/C20H22O6.C7H8.2H2O.2H2/c1-10(22)5-14(23)8-12-7-13-6-11-3-2-4-16(24)17(11)20(26)18(13)19(25)15(12)9-21;1-7-5-3-2-4-6-7;;;;/h2-4,12-13,15,21,24,26H,5-9H2,1H3;2-6H,1H3;2*1H2;2*1H. The lowest BCUT2D eigenvalue weighted by molar-refractivity contribution is -0.128. The highest BCUT2D eigenvalue weighted by molar-refractivity contribution is 6.06. The van der Waals surface area contributed by atoms with Crippen LogP contribution in [-0.4, -0.2) is 50.2 Å². The Morgan fingerprint density at radius 3 is 2.23 bits per heavy atom. The third-order valence-corrected chi connectivity index (χ3v) is 6.33. The lowest BCUT2D eigenvalue weighted by Gasteiger charge is -2.38. The molecule has 35 heavy (non-hydrogen) atoms. The number of hydrogen-bond donors (Lipinski definition) is 3. The van der Waals surface area contributed by atoms with Crippen molar-refractivity contribution in [2.75, 3.05) is 6.61 Å². The Bertz CT molecular complexity index is 1090. The van der Waals surface area contributed by atoms with Gasteiger partial charge in [0.05, 0.1) is 18.6 Å². The molecule has 0 radical (unpaired) electrons. The van der Waals surface area contributed by atoms with Crippen molar-refractivity contribution < 1.29 is 43.5 Å². The molecule has 0 amide bonds. The van der Waals surface area contributed by atoms with Crippen LogP contribution in [0.3, 0.4) is 0 Å². The molecule has 3 unspecified atom stereocenters. The van der Waals surface area contributed by atoms with Gasteiger partial charge in [0.2, 0.25) is 0 Å². The maximum absolute atomic E-state index is 12.9. The first-order valence-electron chi connectivity index (χ1n) is 11.1. The normalized spacial score (nSPS) is 20.2. The number of aromatic hydroxyl groups is 1. The van der Waals surface area contributed by atoms with Crippen molar-refractivity contribution in [2.24, 2.45) is 17.8 Å². The molecular weight excluding hydrogens is 452 g/mol. The van der Waals surface area contributed by atoms with Crippen molar-refractivity contribution in [3.8, 4) is 5.75 Å². The number of phenolic OH excluding ortho intramolecular Hbond substituents is 1. The van der Waals surface area contributed by atoms with Gasteiger partial charge in [-0.2, -0.15) is 0 Å². The first-order valence-corrected chi connectivity index (χ1v) is 11.1. The number of carbonyl (C=O) groups excluding carboxylic acids is 3. The van der Waals surface area contributed by atoms with Gasteiger partial charge in [-0.1, -0.05) is 48.0 Å². The van der Waals surface area contributed by atoms with E-state index in [1.807, 2.05) is 18.2 Å². The predicted octanol–water partition coefficient (Wildman–Crippen LogP) is 2.81. The highest BCUT2D eigenvalue weighted by atomic mass is 16.3. The SMILES string of the molecule is CC(=O)CC(=O)CC1CC2Cc3cccc(O)c3C(O)=C2C(=O)C1CO.Cc1ccccc1.O.O.[HH].[HH]. The number of aryl methyl sites for hydroxylation is 1. The summed E-state index contributed by atoms with van der Waals surface area (Å²) in [5.74, 6) is -2.57. The molecule has 194 valence electrons. The minimum Gasteiger partial charge on any atom is -0.507 e. The van der Waals surface area contributed by atoms with Gasteiger partial charge in [0, 0.05) is 20.8 Å². The van der Waals surface area contributed by atoms with E-state index in [4.69, 9.17) is 0 Å². The van der Waals surface area contributed by atoms with E-state index in [1.165, 1.54) is 18.6 Å². The van der Waals surface area contributed by atoms with Crippen molar-refractivity contribution in [3.05, 3.63) is 70.8 Å². The molecule has 2 aliphatic carbocycles. The molecule has 8 nitrogen and oxygen atoms in total. The molecule has 0 bridgehead atoms. The van der Waals surface area contributed by atoms with Crippen LogP contribution in [0.2, 0.25) is 0 Å². The number of ketones is 3. The van der Waals surface area contributed by atoms with Crippen LogP contribution < -0.4 is 0 Å². The number of rotatable bonds is 5. The number of aliphatic hydroxyl groups is 2. The molecule has 0 aromatic heterocycles. The van der Waals surface area contributed by atoms with E-state index in [0.717, 1.165) is 5.56 Å². The number of phenols is 1. The lowest BCUT2D eigenvalue weighted by atomic mass is 9.64. The minimum absolute atomic E-state index is 0. The van der Waals surface area contributed by atoms with E-state index in [1.54, 1.807) is 12.1 Å². The fraction of sp³-hybridized carbons (Fsp3) is 0.370. The summed E-state index contributed by atoms with van der Waals surface area (Å²) < 4.78 is 0. The summed E-state index contributed by atoms with van der Waals surface area (Å²) in [5.41, 5.74) is 2.58. The Hall–Kier alpha value is -3.33. The number of fused-ring (bicyclic) bond motifs is 2. The Morgan fingerprint density at radius 2 is 1.69 bits per heavy atom. The molecule has 4 rings (SSSR count). The summed E-state index contributed by atoms with van der Waals surface area (Å²) in [5, 5.41) is 30.4. The summed E-state index contributed by atoms with van der Waals surface area (Å²) in [4.78, 5) is 36.1. The first kappa shape index (κ1) is 29.7. The molecule has 0 spiro atoms. The highest BCUT2D eigenvalue weighted by Gasteiger charge is 2.44. The van der Waals surface area contributed by atoms with Gasteiger partial charge in [-0.15, -0.1) is 0 Å². The zero-order chi connectivity index (χ0) is 24.1. The summed E-state index contributed by atoms with van der Waals surface area (Å²) in [6.07, 6.45) is 0.839. The van der Waals surface area contributed by atoms with Crippen LogP contribution in [0.1, 0.15) is 45.7 Å². The molecule has 0 heterocycles. The number of hydrogen-bond acceptors (Lipinski definition) is 6. The third kappa shape index (κ3) is 6.85. The molecule has 0 saturated heterocycles. The molecule has 7 N–H and O–H groups in total. The van der Waals surface area contributed by atoms with Crippen LogP contribution in [0.4, 0.5) is 0 Å². The second-order valence-corrected chi connectivity index (χ2v) is 8.90. The average molecular weight is 491 g/mol. The second kappa shape index (κ2) is 12.9. The number of Topliss-reactive ketones (excluding diaryl/α,β-unsaturated/α-hetero) is 3. The summed E-state index contributed by atoms with van der Waals surface area (Å²) >= 11 is 0. The van der Waals surface area contributed by atoms with Gasteiger partial charge in [-0.05, 0) is 50.2 Å². The van der Waals surface area contributed by atoms with Crippen LogP contribution in [0, 0.1) is 24.7 Å². The van der Waals surface area contributed by atoms with E-state index in [9.17, 15) is 29.7 Å². The molecule has 2 aromatic rings. The van der Waals surface area contributed by atoms with Crippen molar-refractivity contribution in [2.45, 2.75) is 39.5 Å². The van der Waals surface area contributed by atoms with Crippen LogP contribution in [0.5, 0.6) is 5.75 Å². The molecule has 3 atom stereocenters. The smallest absolute Gasteiger partial charge is 0.168 e. The number of aliphatic hydroxyl groups excluding tert-OH is 2. The van der Waals surface area contributed by atoms with Gasteiger partial charge in [-0.3, -0.25) is 14.4 Å². The predicted molar refractivity (Wildman–Crippen MR) is 136 cm³/mol. The second-order valence-electron chi connectivity index (χ2n) is 8.90. The van der Waals surface area contributed by atoms with Crippen molar-refractivity contribution in [1.29, 1.82) is 0 Å². The van der Waals surface area contributed by atoms with Gasteiger partial charge in [0.1, 0.15) is 23.1 Å². The maximum Gasteiger partial charge on any atom is 0.168 e. The Labute approximate surface area is 207 Å². The Kier molecular flexibility index (Phi) is 11.0. The fourth-order valence-electron chi connectivity index (χ4n) is 4.82. The molecular formula is C27H38O8. The molecule has 1 fully saturated rings. The van der Waals surface area contributed by atoms with Crippen LogP contribution in [0.15, 0.2) is 54.1 Å². The summed E-state index contributed by atoms with van der Waals surface area (Å²) in [6.45, 7) is 3.00. The largest absolute Gasteiger partial charge is 0.507 e. The highest BCUT2D eigenvalue weighted by Crippen LogP contribution is 2.46. The van der Waals surface area contributed by atoms with Crippen LogP contribution in [0.25, 0.3) is 5.76 Å². The lowest BCUT2D eigenvalue weighted by Crippen LogP contribution is -2.41. The topological polar surface area (TPSA) is 175 Å². The fourth-order valence-corrected chi connectivity index (χ4v) is 4.82. The summed E-state index contributed by atoms with van der Waals surface area (Å²) in [7, 11) is 0. The average Bonchev–Trinajstić information content (AvgIpc) is 2.74. The van der Waals surface area contributed by atoms with Gasteiger partial charge >= 0.3 is 0 Å². The Morgan fingerprint density at radius 1 is 1.03 bits per heavy atom. The van der Waals surface area contributed by atoms with Crippen molar-refractivity contribution >= 4 is 23.1 Å². The monoisotopic (exact) mass is 490 g/mol. The van der Waals surface area contributed by atoms with Gasteiger partial charge < -0.3 is 26.3 Å². The maximum atomic E-state index is 12.9. The van der Waals surface area contributed by atoms with Crippen molar-refractivity contribution in [1.82, 2.24) is 0 Å². The minimum atomic E-state index is -0.785. The quantitative estimate of drug-likeness (QED) is 0.543. The van der Waals surface area contributed by atoms with Crippen LogP contribution >= 0.6 is 0 Å². The molecule has 2 aliphatic rings. The Balaban J connectivity index is 0. The van der Waals surface area contributed by atoms with Gasteiger partial charge in [0.15, 0.2) is 5.78 Å². The summed E-state index contributed by atoms with van der Waals surface area (Å²) in [6, 6.07) is 15.2. The molecule has 0 aliphatic heterocycles. The van der Waals surface area contributed by atoms with E-state index < -0.39 is 12.5 Å². The van der Waals surface area contributed by atoms with Gasteiger partial charge in [0.25, 0.3) is 0 Å². The molecule has 8 heteroatoms. The first-order chi connectivity index (χ1) is 15.7. The molecule has 1 saturated carbocycles. The zero-order valence-electron chi connectivity index (χ0n) is 20.0. The zero-order valence-corrected chi connectivity index (χ0v) is 20.0. The molecule has 2 aromatic carbocycles. The van der Waals surface area contributed by atoms with E-state index in [-0.39, 0.29) is 78.5 Å². The van der Waals surface area contributed by atoms with Gasteiger partial charge in [-0.25, -0.2) is 0 Å². The number of benzene rings is 2. The van der Waals surface area contributed by atoms with Crippen molar-refractivity contribution in [3.63, 3.8) is 0 Å². The van der Waals surface area contributed by atoms with E-state index >= 15 is 0 Å². The van der Waals surface area contributed by atoms with Crippen LogP contribution in [-0.2, 0) is 20.8 Å². The van der Waals surface area contributed by atoms with E-state index in [0.29, 0.717) is 12.8 Å². The number of carbonyl (C=O) groups is 3. The van der Waals surface area contributed by atoms with E-state index in [2.05, 4.69) is 19.1 Å². The number of allylic oxidation sites excluding steroid dienone is 1. The third-order valence-electron chi connectivity index (χ3n) is 6.33.